The molecule has 0 fully saturated rings. The van der Waals surface area contributed by atoms with E-state index >= 15 is 0 Å². The highest BCUT2D eigenvalue weighted by molar-refractivity contribution is 7.20. The van der Waals surface area contributed by atoms with Gasteiger partial charge in [0.05, 0.1) is 6.54 Å². The Labute approximate surface area is 148 Å². The fourth-order valence-electron chi connectivity index (χ4n) is 2.40. The van der Waals surface area contributed by atoms with E-state index < -0.39 is 11.5 Å². The molecule has 0 saturated carbocycles. The molecule has 3 aromatic heterocycles. The summed E-state index contributed by atoms with van der Waals surface area (Å²) in [7, 11) is 0. The summed E-state index contributed by atoms with van der Waals surface area (Å²) in [5.74, 6) is 0.884. The molecule has 9 heteroatoms. The Balaban J connectivity index is 1.85. The predicted molar refractivity (Wildman–Crippen MR) is 95.3 cm³/mol. The van der Waals surface area contributed by atoms with Gasteiger partial charge in [-0.2, -0.15) is 4.52 Å². The molecule has 0 bridgehead atoms. The highest BCUT2D eigenvalue weighted by Gasteiger charge is 2.17. The van der Waals surface area contributed by atoms with Crippen LogP contribution < -0.4 is 15.8 Å². The predicted octanol–water partition coefficient (Wildman–Crippen LogP) is 1.83. The van der Waals surface area contributed by atoms with Gasteiger partial charge in [-0.3, -0.25) is 9.59 Å². The zero-order chi connectivity index (χ0) is 18.0. The SMILES string of the molecule is CCN(CC)c1nn2c(=O)c(C(=O)NCc3ccc(C)o3)cnc2s1. The van der Waals surface area contributed by atoms with Gasteiger partial charge in [0.2, 0.25) is 10.1 Å². The van der Waals surface area contributed by atoms with Crippen molar-refractivity contribution in [2.24, 2.45) is 0 Å². The van der Waals surface area contributed by atoms with Crippen LogP contribution in [0.2, 0.25) is 0 Å². The molecular formula is C16H19N5O3S. The number of carbonyl (C=O) groups excluding carboxylic acids is 1. The lowest BCUT2D eigenvalue weighted by molar-refractivity contribution is 0.0945. The maximum absolute atomic E-state index is 12.6. The van der Waals surface area contributed by atoms with Crippen molar-refractivity contribution in [1.82, 2.24) is 19.9 Å². The first kappa shape index (κ1) is 17.2. The van der Waals surface area contributed by atoms with Crippen LogP contribution in [0, 0.1) is 6.92 Å². The Bertz CT molecular complexity index is 954. The molecule has 25 heavy (non-hydrogen) atoms. The molecule has 1 amide bonds. The zero-order valence-electron chi connectivity index (χ0n) is 14.3. The number of fused-ring (bicyclic) bond motifs is 1. The van der Waals surface area contributed by atoms with Gasteiger partial charge >= 0.3 is 0 Å². The number of furan rings is 1. The van der Waals surface area contributed by atoms with Gasteiger partial charge in [-0.05, 0) is 32.9 Å². The monoisotopic (exact) mass is 361 g/mol. The van der Waals surface area contributed by atoms with Crippen molar-refractivity contribution in [2.45, 2.75) is 27.3 Å². The molecule has 0 aliphatic heterocycles. The van der Waals surface area contributed by atoms with Crippen LogP contribution in [0.1, 0.15) is 35.7 Å². The number of hydrogen-bond acceptors (Lipinski definition) is 7. The second-order valence-electron chi connectivity index (χ2n) is 5.42. The summed E-state index contributed by atoms with van der Waals surface area (Å²) in [6.07, 6.45) is 1.30. The average Bonchev–Trinajstić information content (AvgIpc) is 3.21. The molecule has 3 rings (SSSR count). The molecule has 0 aliphatic rings. The second-order valence-corrected chi connectivity index (χ2v) is 6.36. The van der Waals surface area contributed by atoms with E-state index in [-0.39, 0.29) is 12.1 Å². The van der Waals surface area contributed by atoms with Crippen molar-refractivity contribution >= 4 is 27.3 Å². The Morgan fingerprint density at radius 1 is 1.36 bits per heavy atom. The molecule has 8 nitrogen and oxygen atoms in total. The van der Waals surface area contributed by atoms with Crippen LogP contribution in [-0.2, 0) is 6.54 Å². The molecule has 0 aromatic carbocycles. The van der Waals surface area contributed by atoms with Crippen molar-refractivity contribution < 1.29 is 9.21 Å². The molecule has 3 aromatic rings. The summed E-state index contributed by atoms with van der Waals surface area (Å²) in [4.78, 5) is 31.6. The number of aromatic nitrogens is 3. The fraction of sp³-hybridized carbons (Fsp3) is 0.375. The van der Waals surface area contributed by atoms with E-state index in [1.165, 1.54) is 22.0 Å². The standard InChI is InChI=1S/C16H19N5O3S/c1-4-20(5-2)16-19-21-14(23)12(9-18-15(21)25-16)13(22)17-8-11-7-6-10(3)24-11/h6-7,9H,4-5,8H2,1-3H3,(H,17,22). The average molecular weight is 361 g/mol. The number of amides is 1. The molecular weight excluding hydrogens is 342 g/mol. The molecule has 0 radical (unpaired) electrons. The third-order valence-electron chi connectivity index (χ3n) is 3.77. The maximum atomic E-state index is 12.6. The first-order valence-corrected chi connectivity index (χ1v) is 8.82. The number of anilines is 1. The van der Waals surface area contributed by atoms with Gasteiger partial charge in [-0.25, -0.2) is 4.98 Å². The van der Waals surface area contributed by atoms with E-state index in [1.54, 1.807) is 6.07 Å². The number of hydrogen-bond donors (Lipinski definition) is 1. The van der Waals surface area contributed by atoms with E-state index in [9.17, 15) is 9.59 Å². The van der Waals surface area contributed by atoms with E-state index in [2.05, 4.69) is 15.4 Å². The minimum atomic E-state index is -0.502. The van der Waals surface area contributed by atoms with Gasteiger partial charge in [0, 0.05) is 19.3 Å². The molecule has 0 unspecified atom stereocenters. The summed E-state index contributed by atoms with van der Waals surface area (Å²) in [6, 6.07) is 3.59. The summed E-state index contributed by atoms with van der Waals surface area (Å²) in [5, 5.41) is 7.68. The lowest BCUT2D eigenvalue weighted by Crippen LogP contribution is -2.31. The normalized spacial score (nSPS) is 11.0. The molecule has 0 aliphatic carbocycles. The van der Waals surface area contributed by atoms with Crippen LogP contribution in [-0.4, -0.2) is 33.6 Å². The first-order chi connectivity index (χ1) is 12.0. The number of aryl methyl sites for hydroxylation is 1. The van der Waals surface area contributed by atoms with Gasteiger partial charge < -0.3 is 14.6 Å². The molecule has 3 heterocycles. The third kappa shape index (κ3) is 3.41. The van der Waals surface area contributed by atoms with Crippen LogP contribution >= 0.6 is 11.3 Å². The lowest BCUT2D eigenvalue weighted by Gasteiger charge is -2.15. The molecule has 0 atom stereocenters. The topological polar surface area (TPSA) is 92.7 Å². The zero-order valence-corrected chi connectivity index (χ0v) is 15.1. The lowest BCUT2D eigenvalue weighted by atomic mass is 10.3. The van der Waals surface area contributed by atoms with Crippen LogP contribution in [0.3, 0.4) is 0 Å². The summed E-state index contributed by atoms with van der Waals surface area (Å²) in [6.45, 7) is 7.62. The van der Waals surface area contributed by atoms with Gasteiger partial charge in [0.25, 0.3) is 11.5 Å². The largest absolute Gasteiger partial charge is 0.465 e. The molecule has 0 spiro atoms. The summed E-state index contributed by atoms with van der Waals surface area (Å²) in [5.41, 5.74) is -0.523. The molecule has 1 N–H and O–H groups in total. The van der Waals surface area contributed by atoms with Crippen molar-refractivity contribution in [1.29, 1.82) is 0 Å². The van der Waals surface area contributed by atoms with E-state index in [1.807, 2.05) is 31.7 Å². The van der Waals surface area contributed by atoms with Crippen LogP contribution in [0.4, 0.5) is 5.13 Å². The van der Waals surface area contributed by atoms with E-state index in [0.717, 1.165) is 18.8 Å². The summed E-state index contributed by atoms with van der Waals surface area (Å²) < 4.78 is 6.58. The number of nitrogens with zero attached hydrogens (tertiary/aromatic N) is 4. The minimum Gasteiger partial charge on any atom is -0.465 e. The fourth-order valence-corrected chi connectivity index (χ4v) is 3.39. The summed E-state index contributed by atoms with van der Waals surface area (Å²) >= 11 is 1.32. The quantitative estimate of drug-likeness (QED) is 0.720. The van der Waals surface area contributed by atoms with Crippen molar-refractivity contribution in [2.75, 3.05) is 18.0 Å². The van der Waals surface area contributed by atoms with Crippen LogP contribution in [0.15, 0.2) is 27.5 Å². The number of nitrogens with one attached hydrogen (secondary N) is 1. The third-order valence-corrected chi connectivity index (χ3v) is 4.76. The molecule has 0 saturated heterocycles. The number of carbonyl (C=O) groups is 1. The van der Waals surface area contributed by atoms with Gasteiger partial charge in [-0.15, -0.1) is 5.10 Å². The second kappa shape index (κ2) is 7.06. The molecule has 132 valence electrons. The minimum absolute atomic E-state index is 0.0443. The highest BCUT2D eigenvalue weighted by Crippen LogP contribution is 2.20. The Kier molecular flexibility index (Phi) is 4.84. The Morgan fingerprint density at radius 3 is 2.76 bits per heavy atom. The van der Waals surface area contributed by atoms with Gasteiger partial charge in [0.15, 0.2) is 0 Å². The Hall–Kier alpha value is -2.68. The van der Waals surface area contributed by atoms with Gasteiger partial charge in [-0.1, -0.05) is 11.3 Å². The van der Waals surface area contributed by atoms with Gasteiger partial charge in [0.1, 0.15) is 17.1 Å². The van der Waals surface area contributed by atoms with E-state index in [4.69, 9.17) is 4.42 Å². The van der Waals surface area contributed by atoms with Crippen molar-refractivity contribution in [3.8, 4) is 0 Å². The smallest absolute Gasteiger partial charge is 0.288 e. The number of rotatable bonds is 6. The maximum Gasteiger partial charge on any atom is 0.288 e. The first-order valence-electron chi connectivity index (χ1n) is 8.00. The van der Waals surface area contributed by atoms with E-state index in [0.29, 0.717) is 15.9 Å². The van der Waals surface area contributed by atoms with Crippen molar-refractivity contribution in [3.05, 3.63) is 45.8 Å². The van der Waals surface area contributed by atoms with Crippen LogP contribution in [0.25, 0.3) is 4.96 Å². The Morgan fingerprint density at radius 2 is 2.12 bits per heavy atom. The highest BCUT2D eigenvalue weighted by atomic mass is 32.1. The van der Waals surface area contributed by atoms with Crippen LogP contribution in [0.5, 0.6) is 0 Å². The van der Waals surface area contributed by atoms with Crippen molar-refractivity contribution in [3.63, 3.8) is 0 Å².